The number of halogens is 3. The summed E-state index contributed by atoms with van der Waals surface area (Å²) in [6.07, 6.45) is -1.34. The molecule has 0 atom stereocenters. The van der Waals surface area contributed by atoms with Gasteiger partial charge in [0.25, 0.3) is 0 Å². The zero-order valence-corrected chi connectivity index (χ0v) is 20.1. The number of H-pyrrole nitrogens is 1. The summed E-state index contributed by atoms with van der Waals surface area (Å²) in [4.78, 5) is 19.6. The fourth-order valence-corrected chi connectivity index (χ4v) is 3.44. The molecule has 37 heavy (non-hydrogen) atoms. The van der Waals surface area contributed by atoms with Crippen LogP contribution in [-0.2, 0) is 10.9 Å². The minimum Gasteiger partial charge on any atom is -0.491 e. The summed E-state index contributed by atoms with van der Waals surface area (Å²) in [5, 5.41) is 5.82. The molecular formula is C26H25F3N4O4. The zero-order valence-electron chi connectivity index (χ0n) is 20.1. The third-order valence-corrected chi connectivity index (χ3v) is 5.10. The quantitative estimate of drug-likeness (QED) is 0.213. The highest BCUT2D eigenvalue weighted by atomic mass is 19.4. The summed E-state index contributed by atoms with van der Waals surface area (Å²) in [6.45, 7) is 3.75. The standard InChI is InChI=1S/C26H25F3N4O4/c1-16(2)35-13-14-36-23-8-5-18(15-21(23)26(27,28)29)33-25(34)32-17-3-6-19(7-4-17)37-22-10-12-31-24-20(22)9-11-30-24/h3-12,15-16H,13-14H2,1-2H3,(H,30,31)(H2,32,33,34). The van der Waals surface area contributed by atoms with Gasteiger partial charge in [0.1, 0.15) is 29.5 Å². The van der Waals surface area contributed by atoms with E-state index in [1.807, 2.05) is 19.9 Å². The maximum atomic E-state index is 13.6. The zero-order chi connectivity index (χ0) is 26.4. The monoisotopic (exact) mass is 514 g/mol. The molecule has 194 valence electrons. The van der Waals surface area contributed by atoms with Crippen LogP contribution in [0.3, 0.4) is 0 Å². The van der Waals surface area contributed by atoms with Crippen LogP contribution in [0.5, 0.6) is 17.2 Å². The number of carbonyl (C=O) groups excluding carboxylic acids is 1. The highest BCUT2D eigenvalue weighted by Gasteiger charge is 2.35. The number of aromatic amines is 1. The Labute approximate surface area is 210 Å². The predicted octanol–water partition coefficient (Wildman–Crippen LogP) is 6.82. The van der Waals surface area contributed by atoms with E-state index in [2.05, 4.69) is 20.6 Å². The number of benzene rings is 2. The number of hydrogen-bond donors (Lipinski definition) is 3. The average Bonchev–Trinajstić information content (AvgIpc) is 3.33. The van der Waals surface area contributed by atoms with Crippen molar-refractivity contribution in [2.24, 2.45) is 0 Å². The molecule has 8 nitrogen and oxygen atoms in total. The van der Waals surface area contributed by atoms with Gasteiger partial charge in [0.2, 0.25) is 0 Å². The number of aromatic nitrogens is 2. The van der Waals surface area contributed by atoms with Crippen LogP contribution in [0.2, 0.25) is 0 Å². The van der Waals surface area contributed by atoms with Crippen LogP contribution in [0, 0.1) is 0 Å². The molecule has 0 aliphatic carbocycles. The first-order valence-corrected chi connectivity index (χ1v) is 11.4. The lowest BCUT2D eigenvalue weighted by Crippen LogP contribution is -2.20. The minimum atomic E-state index is -4.67. The van der Waals surface area contributed by atoms with E-state index in [0.717, 1.165) is 11.5 Å². The molecule has 4 aromatic rings. The number of ether oxygens (including phenoxy) is 3. The SMILES string of the molecule is CC(C)OCCOc1ccc(NC(=O)Nc2ccc(Oc3ccnc4[nH]ccc34)cc2)cc1C(F)(F)F. The van der Waals surface area contributed by atoms with Crippen LogP contribution in [0.1, 0.15) is 19.4 Å². The number of hydrogen-bond acceptors (Lipinski definition) is 5. The number of carbonyl (C=O) groups is 1. The molecule has 0 bridgehead atoms. The lowest BCUT2D eigenvalue weighted by Gasteiger charge is -2.16. The van der Waals surface area contributed by atoms with Gasteiger partial charge in [0.15, 0.2) is 0 Å². The van der Waals surface area contributed by atoms with E-state index in [1.165, 1.54) is 12.1 Å². The van der Waals surface area contributed by atoms with Crippen molar-refractivity contribution < 1.29 is 32.2 Å². The summed E-state index contributed by atoms with van der Waals surface area (Å²) in [5.74, 6) is 0.807. The number of urea groups is 1. The Morgan fingerprint density at radius 1 is 0.973 bits per heavy atom. The van der Waals surface area contributed by atoms with E-state index in [9.17, 15) is 18.0 Å². The van der Waals surface area contributed by atoms with Gasteiger partial charge in [-0.2, -0.15) is 13.2 Å². The first kappa shape index (κ1) is 25.8. The van der Waals surface area contributed by atoms with Crippen LogP contribution in [-0.4, -0.2) is 35.3 Å². The predicted molar refractivity (Wildman–Crippen MR) is 133 cm³/mol. The van der Waals surface area contributed by atoms with Gasteiger partial charge in [-0.15, -0.1) is 0 Å². The molecule has 2 amide bonds. The average molecular weight is 515 g/mol. The van der Waals surface area contributed by atoms with Crippen LogP contribution >= 0.6 is 0 Å². The number of amides is 2. The van der Waals surface area contributed by atoms with E-state index in [4.69, 9.17) is 14.2 Å². The fraction of sp³-hybridized carbons (Fsp3) is 0.231. The van der Waals surface area contributed by atoms with Crippen molar-refractivity contribution in [3.63, 3.8) is 0 Å². The van der Waals surface area contributed by atoms with Crippen molar-refractivity contribution in [2.75, 3.05) is 23.8 Å². The van der Waals surface area contributed by atoms with Crippen LogP contribution in [0.4, 0.5) is 29.3 Å². The number of anilines is 2. The maximum absolute atomic E-state index is 13.6. The van der Waals surface area contributed by atoms with Crippen LogP contribution in [0.25, 0.3) is 11.0 Å². The van der Waals surface area contributed by atoms with Crippen molar-refractivity contribution in [2.45, 2.75) is 26.1 Å². The van der Waals surface area contributed by atoms with Crippen molar-refractivity contribution in [3.05, 3.63) is 72.6 Å². The van der Waals surface area contributed by atoms with E-state index < -0.39 is 17.8 Å². The fourth-order valence-electron chi connectivity index (χ4n) is 3.44. The van der Waals surface area contributed by atoms with Crippen molar-refractivity contribution in [1.82, 2.24) is 9.97 Å². The summed E-state index contributed by atoms with van der Waals surface area (Å²) >= 11 is 0. The van der Waals surface area contributed by atoms with Crippen molar-refractivity contribution in [3.8, 4) is 17.2 Å². The highest BCUT2D eigenvalue weighted by molar-refractivity contribution is 5.99. The molecule has 0 unspecified atom stereocenters. The van der Waals surface area contributed by atoms with E-state index in [0.29, 0.717) is 22.8 Å². The number of fused-ring (bicyclic) bond motifs is 1. The first-order chi connectivity index (χ1) is 17.7. The molecule has 0 fully saturated rings. The molecule has 0 spiro atoms. The van der Waals surface area contributed by atoms with Crippen molar-refractivity contribution in [1.29, 1.82) is 0 Å². The lowest BCUT2D eigenvalue weighted by molar-refractivity contribution is -0.139. The lowest BCUT2D eigenvalue weighted by atomic mass is 10.1. The van der Waals surface area contributed by atoms with Gasteiger partial charge in [0.05, 0.1) is 23.7 Å². The number of pyridine rings is 1. The Balaban J connectivity index is 1.37. The molecule has 4 rings (SSSR count). The van der Waals surface area contributed by atoms with Gasteiger partial charge < -0.3 is 29.8 Å². The summed E-state index contributed by atoms with van der Waals surface area (Å²) < 4.78 is 57.1. The second kappa shape index (κ2) is 11.2. The topological polar surface area (TPSA) is 97.5 Å². The first-order valence-electron chi connectivity index (χ1n) is 11.4. The number of nitrogens with one attached hydrogen (secondary N) is 3. The Morgan fingerprint density at radius 2 is 1.70 bits per heavy atom. The van der Waals surface area contributed by atoms with Gasteiger partial charge >= 0.3 is 12.2 Å². The highest BCUT2D eigenvalue weighted by Crippen LogP contribution is 2.38. The Hall–Kier alpha value is -4.25. The summed E-state index contributed by atoms with van der Waals surface area (Å²) in [5.41, 5.74) is 0.0844. The van der Waals surface area contributed by atoms with E-state index >= 15 is 0 Å². The second-order valence-electron chi connectivity index (χ2n) is 8.23. The summed E-state index contributed by atoms with van der Waals surface area (Å²) in [7, 11) is 0. The molecule has 0 aliphatic rings. The molecule has 11 heteroatoms. The van der Waals surface area contributed by atoms with Gasteiger partial charge in [-0.05, 0) is 68.4 Å². The van der Waals surface area contributed by atoms with Crippen LogP contribution < -0.4 is 20.1 Å². The van der Waals surface area contributed by atoms with Gasteiger partial charge in [-0.3, -0.25) is 0 Å². The molecule has 0 aliphatic heterocycles. The summed E-state index contributed by atoms with van der Waals surface area (Å²) in [6, 6.07) is 12.7. The van der Waals surface area contributed by atoms with Gasteiger partial charge in [0, 0.05) is 23.8 Å². The minimum absolute atomic E-state index is 0.0363. The molecule has 2 aromatic heterocycles. The van der Waals surface area contributed by atoms with Crippen LogP contribution in [0.15, 0.2) is 67.0 Å². The number of rotatable bonds is 9. The molecule has 3 N–H and O–H groups in total. The van der Waals surface area contributed by atoms with Crippen molar-refractivity contribution >= 4 is 28.4 Å². The molecule has 2 heterocycles. The Morgan fingerprint density at radius 3 is 2.43 bits per heavy atom. The van der Waals surface area contributed by atoms with E-state index in [-0.39, 0.29) is 30.8 Å². The largest absolute Gasteiger partial charge is 0.491 e. The molecule has 0 saturated heterocycles. The number of alkyl halides is 3. The third kappa shape index (κ3) is 6.91. The van der Waals surface area contributed by atoms with Gasteiger partial charge in [-0.1, -0.05) is 0 Å². The maximum Gasteiger partial charge on any atom is 0.420 e. The molecule has 0 radical (unpaired) electrons. The number of nitrogens with zero attached hydrogens (tertiary/aromatic N) is 1. The second-order valence-corrected chi connectivity index (χ2v) is 8.23. The Bertz CT molecular complexity index is 1350. The molecule has 2 aromatic carbocycles. The smallest absolute Gasteiger partial charge is 0.420 e. The molecular weight excluding hydrogens is 489 g/mol. The van der Waals surface area contributed by atoms with E-state index in [1.54, 1.807) is 42.7 Å². The van der Waals surface area contributed by atoms with Gasteiger partial charge in [-0.25, -0.2) is 9.78 Å². The molecule has 0 saturated carbocycles. The Kier molecular flexibility index (Phi) is 7.83. The normalized spacial score (nSPS) is 11.5. The third-order valence-electron chi connectivity index (χ3n) is 5.10.